The number of hydrogen-bond acceptors (Lipinski definition) is 4. The van der Waals surface area contributed by atoms with E-state index in [1.165, 1.54) is 13.2 Å². The molecule has 2 fully saturated rings. The van der Waals surface area contributed by atoms with Crippen molar-refractivity contribution in [3.05, 3.63) is 71.3 Å². The van der Waals surface area contributed by atoms with Crippen molar-refractivity contribution in [2.24, 2.45) is 5.92 Å². The number of rotatable bonds is 6. The highest BCUT2D eigenvalue weighted by molar-refractivity contribution is 5.87. The molecule has 176 valence electrons. The Labute approximate surface area is 193 Å². The van der Waals surface area contributed by atoms with Gasteiger partial charge in [0.2, 0.25) is 5.91 Å². The molecule has 0 radical (unpaired) electrons. The third-order valence-corrected chi connectivity index (χ3v) is 7.68. The second-order valence-corrected chi connectivity index (χ2v) is 9.27. The minimum Gasteiger partial charge on any atom is -0.468 e. The van der Waals surface area contributed by atoms with Gasteiger partial charge in [-0.3, -0.25) is 9.59 Å². The number of piperidine rings is 1. The maximum absolute atomic E-state index is 13.9. The van der Waals surface area contributed by atoms with E-state index in [0.717, 1.165) is 43.6 Å². The normalized spacial score (nSPS) is 24.2. The molecular formula is C26H30F2N2O3. The number of hydrogen-bond donors (Lipinski definition) is 0. The zero-order valence-corrected chi connectivity index (χ0v) is 19.3. The molecule has 7 heteroatoms. The van der Waals surface area contributed by atoms with Crippen LogP contribution in [0.15, 0.2) is 48.5 Å². The molecule has 1 saturated heterocycles. The van der Waals surface area contributed by atoms with Gasteiger partial charge in [0.1, 0.15) is 0 Å². The summed E-state index contributed by atoms with van der Waals surface area (Å²) < 4.78 is 32.4. The molecule has 5 nitrogen and oxygen atoms in total. The van der Waals surface area contributed by atoms with E-state index >= 15 is 0 Å². The molecule has 0 aromatic heterocycles. The number of esters is 1. The highest BCUT2D eigenvalue weighted by atomic mass is 19.2. The molecule has 33 heavy (non-hydrogen) atoms. The Morgan fingerprint density at radius 1 is 1.06 bits per heavy atom. The standard InChI is InChI=1S/C26H30F2N2O3/c1-18(31)29(2)25(19-7-5-4-6-8-19)11-13-30(14-12-25)17-21-16-26(21,24(32)33-3)20-9-10-22(27)23(28)15-20/h4-10,15,21H,11-14,16-17H2,1-3H3/t21-,26+/m0/s1. The number of likely N-dealkylation sites (tertiary alicyclic amines) is 1. The summed E-state index contributed by atoms with van der Waals surface area (Å²) in [6.07, 6.45) is 2.09. The molecule has 2 atom stereocenters. The van der Waals surface area contributed by atoms with E-state index < -0.39 is 23.0 Å². The lowest BCUT2D eigenvalue weighted by molar-refractivity contribution is -0.144. The first-order valence-electron chi connectivity index (χ1n) is 11.3. The van der Waals surface area contributed by atoms with Gasteiger partial charge in [0.25, 0.3) is 0 Å². The minimum absolute atomic E-state index is 0.0255. The van der Waals surface area contributed by atoms with Gasteiger partial charge in [0, 0.05) is 33.6 Å². The van der Waals surface area contributed by atoms with Crippen molar-refractivity contribution in [1.82, 2.24) is 9.80 Å². The van der Waals surface area contributed by atoms with Crippen LogP contribution in [0.3, 0.4) is 0 Å². The molecule has 1 aliphatic carbocycles. The highest BCUT2D eigenvalue weighted by Crippen LogP contribution is 2.56. The number of ether oxygens (including phenoxy) is 1. The van der Waals surface area contributed by atoms with E-state index in [1.807, 2.05) is 30.1 Å². The van der Waals surface area contributed by atoms with Crippen molar-refractivity contribution in [2.75, 3.05) is 33.8 Å². The Bertz CT molecular complexity index is 1040. The predicted molar refractivity (Wildman–Crippen MR) is 120 cm³/mol. The molecule has 2 aromatic rings. The van der Waals surface area contributed by atoms with Crippen LogP contribution in [0.2, 0.25) is 0 Å². The van der Waals surface area contributed by atoms with Crippen molar-refractivity contribution < 1.29 is 23.1 Å². The van der Waals surface area contributed by atoms with Gasteiger partial charge >= 0.3 is 5.97 Å². The molecule has 0 spiro atoms. The number of halogens is 2. The van der Waals surface area contributed by atoms with E-state index in [0.29, 0.717) is 18.5 Å². The number of carbonyl (C=O) groups is 2. The summed E-state index contributed by atoms with van der Waals surface area (Å²) in [5, 5.41) is 0. The van der Waals surface area contributed by atoms with Crippen molar-refractivity contribution in [3.63, 3.8) is 0 Å². The second-order valence-electron chi connectivity index (χ2n) is 9.27. The van der Waals surface area contributed by atoms with Crippen LogP contribution >= 0.6 is 0 Å². The average Bonchev–Trinajstić information content (AvgIpc) is 3.55. The Balaban J connectivity index is 1.51. The molecule has 1 heterocycles. The van der Waals surface area contributed by atoms with Crippen LogP contribution in [0.4, 0.5) is 8.78 Å². The van der Waals surface area contributed by atoms with Gasteiger partial charge in [-0.15, -0.1) is 0 Å². The van der Waals surface area contributed by atoms with Gasteiger partial charge in [-0.2, -0.15) is 0 Å². The van der Waals surface area contributed by atoms with Crippen LogP contribution in [0.25, 0.3) is 0 Å². The first kappa shape index (κ1) is 23.4. The Kier molecular flexibility index (Phi) is 6.27. The summed E-state index contributed by atoms with van der Waals surface area (Å²) in [5.41, 5.74) is 0.282. The van der Waals surface area contributed by atoms with Crippen LogP contribution in [0.1, 0.15) is 37.3 Å². The van der Waals surface area contributed by atoms with Crippen molar-refractivity contribution >= 4 is 11.9 Å². The molecule has 0 N–H and O–H groups in total. The summed E-state index contributed by atoms with van der Waals surface area (Å²) in [7, 11) is 3.18. The lowest BCUT2D eigenvalue weighted by Crippen LogP contribution is -2.53. The summed E-state index contributed by atoms with van der Waals surface area (Å²) in [6.45, 7) is 3.77. The summed E-state index contributed by atoms with van der Waals surface area (Å²) in [5.74, 6) is -2.31. The van der Waals surface area contributed by atoms with E-state index in [1.54, 1.807) is 6.92 Å². The quantitative estimate of drug-likeness (QED) is 0.620. The van der Waals surface area contributed by atoms with Gasteiger partial charge in [-0.25, -0.2) is 8.78 Å². The van der Waals surface area contributed by atoms with Crippen LogP contribution in [0, 0.1) is 17.6 Å². The van der Waals surface area contributed by atoms with Crippen LogP contribution < -0.4 is 0 Å². The molecule has 1 amide bonds. The average molecular weight is 457 g/mol. The highest BCUT2D eigenvalue weighted by Gasteiger charge is 2.62. The summed E-state index contributed by atoms with van der Waals surface area (Å²) in [4.78, 5) is 29.1. The largest absolute Gasteiger partial charge is 0.468 e. The van der Waals surface area contributed by atoms with Crippen molar-refractivity contribution in [1.29, 1.82) is 0 Å². The maximum atomic E-state index is 13.9. The van der Waals surface area contributed by atoms with Gasteiger partial charge < -0.3 is 14.5 Å². The maximum Gasteiger partial charge on any atom is 0.316 e. The topological polar surface area (TPSA) is 49.9 Å². The predicted octanol–water partition coefficient (Wildman–Crippen LogP) is 3.87. The first-order chi connectivity index (χ1) is 15.7. The third-order valence-electron chi connectivity index (χ3n) is 7.68. The van der Waals surface area contributed by atoms with Gasteiger partial charge in [0.05, 0.1) is 18.1 Å². The Morgan fingerprint density at radius 3 is 2.30 bits per heavy atom. The minimum atomic E-state index is -0.959. The molecule has 1 saturated carbocycles. The van der Waals surface area contributed by atoms with E-state index in [-0.39, 0.29) is 17.4 Å². The fourth-order valence-electron chi connectivity index (χ4n) is 5.51. The van der Waals surface area contributed by atoms with Gasteiger partial charge in [-0.05, 0) is 48.4 Å². The molecule has 2 aliphatic rings. The van der Waals surface area contributed by atoms with Gasteiger partial charge in [-0.1, -0.05) is 36.4 Å². The van der Waals surface area contributed by atoms with Crippen LogP contribution in [-0.2, 0) is 25.3 Å². The van der Waals surface area contributed by atoms with Crippen LogP contribution in [-0.4, -0.2) is 55.5 Å². The van der Waals surface area contributed by atoms with E-state index in [2.05, 4.69) is 17.0 Å². The monoisotopic (exact) mass is 456 g/mol. The van der Waals surface area contributed by atoms with Crippen LogP contribution in [0.5, 0.6) is 0 Å². The lowest BCUT2D eigenvalue weighted by atomic mass is 9.79. The number of amides is 1. The van der Waals surface area contributed by atoms with E-state index in [9.17, 15) is 18.4 Å². The molecule has 2 aromatic carbocycles. The smallest absolute Gasteiger partial charge is 0.316 e. The molecular weight excluding hydrogens is 426 g/mol. The SMILES string of the molecule is COC(=O)[C@@]1(c2ccc(F)c(F)c2)C[C@H]1CN1CCC(c2ccccc2)(N(C)C(C)=O)CC1. The number of carbonyl (C=O) groups excluding carboxylic acids is 2. The van der Waals surface area contributed by atoms with Crippen molar-refractivity contribution in [3.8, 4) is 0 Å². The fourth-order valence-corrected chi connectivity index (χ4v) is 5.51. The second kappa shape index (κ2) is 8.86. The molecule has 4 rings (SSSR count). The Morgan fingerprint density at radius 2 is 1.73 bits per heavy atom. The Hall–Kier alpha value is -2.80. The molecule has 0 bridgehead atoms. The first-order valence-corrected chi connectivity index (χ1v) is 11.3. The van der Waals surface area contributed by atoms with E-state index in [4.69, 9.17) is 4.74 Å². The number of nitrogens with zero attached hydrogens (tertiary/aromatic N) is 2. The molecule has 0 unspecified atom stereocenters. The summed E-state index contributed by atoms with van der Waals surface area (Å²) in [6, 6.07) is 13.8. The zero-order valence-electron chi connectivity index (χ0n) is 19.3. The number of benzene rings is 2. The molecule has 1 aliphatic heterocycles. The fraction of sp³-hybridized carbons (Fsp3) is 0.462. The number of methoxy groups -OCH3 is 1. The lowest BCUT2D eigenvalue weighted by Gasteiger charge is -2.47. The van der Waals surface area contributed by atoms with Gasteiger partial charge in [0.15, 0.2) is 11.6 Å². The summed E-state index contributed by atoms with van der Waals surface area (Å²) >= 11 is 0. The van der Waals surface area contributed by atoms with Crippen molar-refractivity contribution in [2.45, 2.75) is 37.1 Å². The third kappa shape index (κ3) is 4.03. The zero-order chi connectivity index (χ0) is 23.8.